The molecule has 4 aromatic rings. The number of nitrogens with zero attached hydrogens (tertiary/aromatic N) is 1. The highest BCUT2D eigenvalue weighted by Crippen LogP contribution is 2.29. The Morgan fingerprint density at radius 1 is 1.10 bits per heavy atom. The Bertz CT molecular complexity index is 1280. The minimum Gasteiger partial charge on any atom is -0.482 e. The van der Waals surface area contributed by atoms with Crippen LogP contribution in [0.1, 0.15) is 20.8 Å². The average molecular weight is 436 g/mol. The van der Waals surface area contributed by atoms with Crippen LogP contribution in [0.15, 0.2) is 69.2 Å². The van der Waals surface area contributed by atoms with E-state index in [-0.39, 0.29) is 6.61 Å². The van der Waals surface area contributed by atoms with Crippen LogP contribution in [-0.2, 0) is 9.53 Å². The molecule has 4 rings (SSSR count). The van der Waals surface area contributed by atoms with Crippen molar-refractivity contribution in [3.8, 4) is 27.6 Å². The number of rotatable bonds is 5. The normalized spacial score (nSPS) is 11.5. The van der Waals surface area contributed by atoms with Crippen molar-refractivity contribution in [2.24, 2.45) is 0 Å². The first-order valence-electron chi connectivity index (χ1n) is 9.72. The molecule has 2 heterocycles. The molecule has 0 unspecified atom stereocenters. The molecule has 158 valence electrons. The van der Waals surface area contributed by atoms with Gasteiger partial charge in [-0.25, -0.2) is 14.6 Å². The SMILES string of the molecule is CC(C)(C)OC(=O)COc1ccc2cc(-c3nc(-c4ccccc4)cs3)c(=O)oc2c1. The molecule has 0 radical (unpaired) electrons. The molecule has 2 aromatic heterocycles. The second-order valence-electron chi connectivity index (χ2n) is 7.93. The molecular formula is C24H21NO5S. The lowest BCUT2D eigenvalue weighted by atomic mass is 10.1. The Labute approximate surface area is 183 Å². The molecule has 0 saturated heterocycles. The van der Waals surface area contributed by atoms with Gasteiger partial charge in [-0.15, -0.1) is 11.3 Å². The molecule has 0 amide bonds. The van der Waals surface area contributed by atoms with E-state index in [9.17, 15) is 9.59 Å². The van der Waals surface area contributed by atoms with Crippen LogP contribution in [-0.4, -0.2) is 23.2 Å². The predicted octanol–water partition coefficient (Wildman–Crippen LogP) is 5.30. The first-order chi connectivity index (χ1) is 14.8. The second kappa shape index (κ2) is 8.35. The fraction of sp³-hybridized carbons (Fsp3) is 0.208. The summed E-state index contributed by atoms with van der Waals surface area (Å²) < 4.78 is 16.2. The van der Waals surface area contributed by atoms with E-state index in [0.717, 1.165) is 16.6 Å². The lowest BCUT2D eigenvalue weighted by Gasteiger charge is -2.19. The largest absolute Gasteiger partial charge is 0.482 e. The minimum atomic E-state index is -0.580. The molecule has 0 saturated carbocycles. The molecule has 0 spiro atoms. The highest BCUT2D eigenvalue weighted by Gasteiger charge is 2.17. The van der Waals surface area contributed by atoms with Crippen LogP contribution in [0.5, 0.6) is 5.75 Å². The van der Waals surface area contributed by atoms with E-state index in [1.54, 1.807) is 45.0 Å². The summed E-state index contributed by atoms with van der Waals surface area (Å²) in [5, 5.41) is 3.25. The maximum Gasteiger partial charge on any atom is 0.346 e. The maximum atomic E-state index is 12.6. The van der Waals surface area contributed by atoms with Crippen molar-refractivity contribution in [3.63, 3.8) is 0 Å². The topological polar surface area (TPSA) is 78.6 Å². The van der Waals surface area contributed by atoms with E-state index in [1.807, 2.05) is 35.7 Å². The fourth-order valence-corrected chi connectivity index (χ4v) is 3.81. The summed E-state index contributed by atoms with van der Waals surface area (Å²) in [6.07, 6.45) is 0. The molecule has 31 heavy (non-hydrogen) atoms. The van der Waals surface area contributed by atoms with Crippen molar-refractivity contribution >= 4 is 28.3 Å². The summed E-state index contributed by atoms with van der Waals surface area (Å²) in [5.41, 5.74) is 1.51. The first-order valence-corrected chi connectivity index (χ1v) is 10.6. The Balaban J connectivity index is 1.56. The first kappa shape index (κ1) is 20.8. The molecule has 0 fully saturated rings. The van der Waals surface area contributed by atoms with E-state index < -0.39 is 17.2 Å². The lowest BCUT2D eigenvalue weighted by Crippen LogP contribution is -2.27. The average Bonchev–Trinajstić information content (AvgIpc) is 3.21. The number of esters is 1. The number of fused-ring (bicyclic) bond motifs is 1. The fourth-order valence-electron chi connectivity index (χ4n) is 2.98. The molecule has 0 N–H and O–H groups in total. The van der Waals surface area contributed by atoms with Crippen LogP contribution >= 0.6 is 11.3 Å². The highest BCUT2D eigenvalue weighted by atomic mass is 32.1. The van der Waals surface area contributed by atoms with Crippen LogP contribution in [0.3, 0.4) is 0 Å². The summed E-state index contributed by atoms with van der Waals surface area (Å²) in [6, 6.07) is 16.6. The Morgan fingerprint density at radius 3 is 2.61 bits per heavy atom. The number of carbonyl (C=O) groups is 1. The van der Waals surface area contributed by atoms with Crippen molar-refractivity contribution in [1.82, 2.24) is 4.98 Å². The number of carbonyl (C=O) groups excluding carboxylic acids is 1. The van der Waals surface area contributed by atoms with Crippen LogP contribution in [0.2, 0.25) is 0 Å². The molecule has 7 heteroatoms. The third kappa shape index (κ3) is 5.00. The van der Waals surface area contributed by atoms with Crippen molar-refractivity contribution in [2.45, 2.75) is 26.4 Å². The number of hydrogen-bond donors (Lipinski definition) is 0. The van der Waals surface area contributed by atoms with Crippen LogP contribution in [0, 0.1) is 0 Å². The number of aromatic nitrogens is 1. The zero-order valence-electron chi connectivity index (χ0n) is 17.4. The highest BCUT2D eigenvalue weighted by molar-refractivity contribution is 7.13. The van der Waals surface area contributed by atoms with Gasteiger partial charge in [0, 0.05) is 22.4 Å². The van der Waals surface area contributed by atoms with E-state index in [2.05, 4.69) is 4.98 Å². The smallest absolute Gasteiger partial charge is 0.346 e. The third-order valence-electron chi connectivity index (χ3n) is 4.29. The molecule has 0 aliphatic carbocycles. The summed E-state index contributed by atoms with van der Waals surface area (Å²) in [7, 11) is 0. The summed E-state index contributed by atoms with van der Waals surface area (Å²) >= 11 is 1.39. The van der Waals surface area contributed by atoms with E-state index in [1.165, 1.54) is 11.3 Å². The summed E-state index contributed by atoms with van der Waals surface area (Å²) in [4.78, 5) is 29.0. The maximum absolute atomic E-state index is 12.6. The number of ether oxygens (including phenoxy) is 2. The summed E-state index contributed by atoms with van der Waals surface area (Å²) in [5.74, 6) is -0.0581. The molecule has 2 aromatic carbocycles. The van der Waals surface area contributed by atoms with Crippen LogP contribution in [0.25, 0.3) is 32.8 Å². The van der Waals surface area contributed by atoms with Crippen molar-refractivity contribution in [2.75, 3.05) is 6.61 Å². The van der Waals surface area contributed by atoms with Crippen LogP contribution in [0.4, 0.5) is 0 Å². The molecule has 0 bridgehead atoms. The van der Waals surface area contributed by atoms with E-state index >= 15 is 0 Å². The molecular weight excluding hydrogens is 414 g/mol. The Kier molecular flexibility index (Phi) is 5.61. The zero-order chi connectivity index (χ0) is 22.0. The number of hydrogen-bond acceptors (Lipinski definition) is 7. The van der Waals surface area contributed by atoms with Gasteiger partial charge in [-0.1, -0.05) is 30.3 Å². The quantitative estimate of drug-likeness (QED) is 0.312. The second-order valence-corrected chi connectivity index (χ2v) is 8.78. The summed E-state index contributed by atoms with van der Waals surface area (Å²) in [6.45, 7) is 5.14. The third-order valence-corrected chi connectivity index (χ3v) is 5.16. The standard InChI is InChI=1S/C24H21NO5S/c1-24(2,3)30-21(26)13-28-17-10-9-16-11-18(23(27)29-20(16)12-17)22-25-19(14-31-22)15-7-5-4-6-8-15/h4-12,14H,13H2,1-3H3. The molecule has 0 aliphatic rings. The Hall–Kier alpha value is -3.45. The van der Waals surface area contributed by atoms with Crippen molar-refractivity contribution < 1.29 is 18.7 Å². The van der Waals surface area contributed by atoms with Gasteiger partial charge in [-0.2, -0.15) is 0 Å². The van der Waals surface area contributed by atoms with Crippen molar-refractivity contribution in [1.29, 1.82) is 0 Å². The predicted molar refractivity (Wildman–Crippen MR) is 120 cm³/mol. The van der Waals surface area contributed by atoms with Crippen LogP contribution < -0.4 is 10.4 Å². The number of thiazole rings is 1. The van der Waals surface area contributed by atoms with Gasteiger partial charge in [0.05, 0.1) is 11.3 Å². The van der Waals surface area contributed by atoms with Gasteiger partial charge in [-0.05, 0) is 39.0 Å². The number of benzene rings is 2. The van der Waals surface area contributed by atoms with Gasteiger partial charge in [0.1, 0.15) is 21.9 Å². The molecule has 6 nitrogen and oxygen atoms in total. The van der Waals surface area contributed by atoms with E-state index in [0.29, 0.717) is 21.9 Å². The van der Waals surface area contributed by atoms with Gasteiger partial charge >= 0.3 is 11.6 Å². The Morgan fingerprint density at radius 2 is 1.87 bits per heavy atom. The monoisotopic (exact) mass is 435 g/mol. The molecule has 0 aliphatic heterocycles. The zero-order valence-corrected chi connectivity index (χ0v) is 18.2. The molecule has 0 atom stereocenters. The van der Waals surface area contributed by atoms with Gasteiger partial charge in [-0.3, -0.25) is 0 Å². The van der Waals surface area contributed by atoms with Gasteiger partial charge < -0.3 is 13.9 Å². The van der Waals surface area contributed by atoms with E-state index in [4.69, 9.17) is 13.9 Å². The lowest BCUT2D eigenvalue weighted by molar-refractivity contribution is -0.157. The van der Waals surface area contributed by atoms with Crippen molar-refractivity contribution in [3.05, 3.63) is 70.4 Å². The minimum absolute atomic E-state index is 0.230. The van der Waals surface area contributed by atoms with Gasteiger partial charge in [0.2, 0.25) is 0 Å². The van der Waals surface area contributed by atoms with Gasteiger partial charge in [0.15, 0.2) is 6.61 Å². The van der Waals surface area contributed by atoms with Gasteiger partial charge in [0.25, 0.3) is 0 Å².